The molecule has 1 heterocycles. The van der Waals surface area contributed by atoms with E-state index in [0.717, 1.165) is 0 Å². The van der Waals surface area contributed by atoms with Gasteiger partial charge in [0.25, 0.3) is 10.0 Å². The van der Waals surface area contributed by atoms with Gasteiger partial charge in [0.05, 0.1) is 0 Å². The van der Waals surface area contributed by atoms with Crippen LogP contribution in [0.2, 0.25) is 0 Å². The Bertz CT molecular complexity index is 566. The van der Waals surface area contributed by atoms with Crippen LogP contribution >= 0.6 is 11.3 Å². The highest BCUT2D eigenvalue weighted by molar-refractivity contribution is 7.91. The lowest BCUT2D eigenvalue weighted by Crippen LogP contribution is -2.38. The van der Waals surface area contributed by atoms with E-state index in [1.54, 1.807) is 0 Å². The number of nitrogens with one attached hydrogen (secondary N) is 2. The minimum absolute atomic E-state index is 0.0193. The number of aliphatic carboxylic acids is 1. The number of sulfonamides is 1. The quantitative estimate of drug-likeness (QED) is 0.607. The molecule has 0 aliphatic carbocycles. The highest BCUT2D eigenvalue weighted by Crippen LogP contribution is 2.19. The van der Waals surface area contributed by atoms with Crippen LogP contribution in [0.1, 0.15) is 13.8 Å². The van der Waals surface area contributed by atoms with Gasteiger partial charge in [-0.3, -0.25) is 9.59 Å². The Kier molecular flexibility index (Phi) is 4.32. The maximum Gasteiger partial charge on any atom is 0.321 e. The van der Waals surface area contributed by atoms with Gasteiger partial charge < -0.3 is 10.4 Å². The third-order valence-corrected chi connectivity index (χ3v) is 4.37. The van der Waals surface area contributed by atoms with E-state index in [1.807, 2.05) is 4.72 Å². The molecule has 0 aromatic carbocycles. The molecular weight excluding hydrogens is 284 g/mol. The average molecular weight is 294 g/mol. The topological polar surface area (TPSA) is 138 Å². The van der Waals surface area contributed by atoms with Crippen LogP contribution in [-0.2, 0) is 19.6 Å². The monoisotopic (exact) mass is 294 g/mol. The fourth-order valence-electron chi connectivity index (χ4n) is 0.853. The van der Waals surface area contributed by atoms with Crippen molar-refractivity contribution in [2.75, 3.05) is 5.32 Å². The molecule has 1 rings (SSSR count). The van der Waals surface area contributed by atoms with Gasteiger partial charge in [-0.2, -0.15) is 4.72 Å². The number of anilines is 1. The molecule has 0 saturated heterocycles. The molecule has 1 aromatic heterocycles. The van der Waals surface area contributed by atoms with Gasteiger partial charge in [0, 0.05) is 6.92 Å². The maximum atomic E-state index is 11.7. The normalized spacial score (nSPS) is 13.0. The van der Waals surface area contributed by atoms with Gasteiger partial charge in [0.15, 0.2) is 0 Å². The van der Waals surface area contributed by atoms with E-state index in [4.69, 9.17) is 5.11 Å². The van der Waals surface area contributed by atoms with Crippen LogP contribution in [0.25, 0.3) is 0 Å². The molecular formula is C7H10N4O5S2. The highest BCUT2D eigenvalue weighted by Gasteiger charge is 2.25. The molecule has 0 fully saturated rings. The number of nitrogens with zero attached hydrogens (tertiary/aromatic N) is 2. The molecule has 0 aliphatic rings. The zero-order chi connectivity index (χ0) is 13.9. The summed E-state index contributed by atoms with van der Waals surface area (Å²) < 4.78 is 24.8. The van der Waals surface area contributed by atoms with Crippen LogP contribution in [0.5, 0.6) is 0 Å². The molecule has 1 aromatic rings. The van der Waals surface area contributed by atoms with Crippen molar-refractivity contribution in [3.05, 3.63) is 0 Å². The third-order valence-electron chi connectivity index (χ3n) is 1.62. The molecule has 3 N–H and O–H groups in total. The lowest BCUT2D eigenvalue weighted by molar-refractivity contribution is -0.138. The molecule has 0 spiro atoms. The van der Waals surface area contributed by atoms with Crippen LogP contribution in [-0.4, -0.2) is 41.6 Å². The first-order valence-electron chi connectivity index (χ1n) is 4.58. The number of carboxylic acids is 1. The first-order valence-corrected chi connectivity index (χ1v) is 6.88. The summed E-state index contributed by atoms with van der Waals surface area (Å²) in [5.74, 6) is -1.73. The molecule has 1 amide bonds. The van der Waals surface area contributed by atoms with Crippen LogP contribution in [0.3, 0.4) is 0 Å². The Labute approximate surface area is 106 Å². The molecule has 0 bridgehead atoms. The minimum Gasteiger partial charge on any atom is -0.480 e. The van der Waals surface area contributed by atoms with Crippen molar-refractivity contribution >= 4 is 38.4 Å². The van der Waals surface area contributed by atoms with Gasteiger partial charge in [-0.15, -0.1) is 10.2 Å². The van der Waals surface area contributed by atoms with Crippen molar-refractivity contribution in [3.8, 4) is 0 Å². The molecule has 18 heavy (non-hydrogen) atoms. The number of hydrogen-bond acceptors (Lipinski definition) is 7. The summed E-state index contributed by atoms with van der Waals surface area (Å²) in [6, 6.07) is -1.29. The number of carbonyl (C=O) groups is 2. The summed E-state index contributed by atoms with van der Waals surface area (Å²) in [4.78, 5) is 21.3. The number of hydrogen-bond donors (Lipinski definition) is 3. The first-order chi connectivity index (χ1) is 8.22. The van der Waals surface area contributed by atoms with Crippen molar-refractivity contribution in [2.24, 2.45) is 0 Å². The van der Waals surface area contributed by atoms with E-state index in [-0.39, 0.29) is 5.13 Å². The van der Waals surface area contributed by atoms with E-state index >= 15 is 0 Å². The lowest BCUT2D eigenvalue weighted by Gasteiger charge is -2.06. The number of aromatic nitrogens is 2. The van der Waals surface area contributed by atoms with Gasteiger partial charge in [-0.05, 0) is 6.92 Å². The van der Waals surface area contributed by atoms with Crippen LogP contribution in [0.4, 0.5) is 5.13 Å². The zero-order valence-electron chi connectivity index (χ0n) is 9.37. The van der Waals surface area contributed by atoms with Crippen molar-refractivity contribution < 1.29 is 23.1 Å². The fourth-order valence-corrected chi connectivity index (χ4v) is 3.01. The minimum atomic E-state index is -4.06. The van der Waals surface area contributed by atoms with E-state index < -0.39 is 32.3 Å². The van der Waals surface area contributed by atoms with Crippen LogP contribution in [0, 0.1) is 0 Å². The van der Waals surface area contributed by atoms with E-state index in [1.165, 1.54) is 13.8 Å². The molecule has 0 saturated carbocycles. The molecule has 9 nitrogen and oxygen atoms in total. The predicted molar refractivity (Wildman–Crippen MR) is 61.6 cm³/mol. The standard InChI is InChI=1S/C7H10N4O5S2/c1-3(5(13)14)11-18(15,16)7-10-9-6(17-7)8-4(2)12/h3,11H,1-2H3,(H,13,14)(H,8,9,12)/t3-/m1/s1. The predicted octanol–water partition coefficient (Wildman–Crippen LogP) is -0.752. The van der Waals surface area contributed by atoms with E-state index in [2.05, 4.69) is 15.5 Å². The molecule has 0 aliphatic heterocycles. The summed E-state index contributed by atoms with van der Waals surface area (Å²) in [5.41, 5.74) is 0. The molecule has 0 unspecified atom stereocenters. The zero-order valence-corrected chi connectivity index (χ0v) is 11.0. The second kappa shape index (κ2) is 5.37. The van der Waals surface area contributed by atoms with Crippen molar-refractivity contribution in [3.63, 3.8) is 0 Å². The number of rotatable bonds is 5. The average Bonchev–Trinajstić information content (AvgIpc) is 2.64. The number of carboxylic acid groups (broad SMARTS) is 1. The molecule has 1 atom stereocenters. The Morgan fingerprint density at radius 2 is 2.00 bits per heavy atom. The van der Waals surface area contributed by atoms with Gasteiger partial charge in [-0.1, -0.05) is 11.3 Å². The van der Waals surface area contributed by atoms with Crippen molar-refractivity contribution in [2.45, 2.75) is 24.2 Å². The van der Waals surface area contributed by atoms with Crippen LogP contribution in [0.15, 0.2) is 4.34 Å². The highest BCUT2D eigenvalue weighted by atomic mass is 32.2. The first kappa shape index (κ1) is 14.5. The Morgan fingerprint density at radius 1 is 1.39 bits per heavy atom. The number of carbonyl (C=O) groups excluding carboxylic acids is 1. The van der Waals surface area contributed by atoms with Crippen molar-refractivity contribution in [1.29, 1.82) is 0 Å². The molecule has 11 heteroatoms. The Morgan fingerprint density at radius 3 is 2.50 bits per heavy atom. The van der Waals surface area contributed by atoms with E-state index in [9.17, 15) is 18.0 Å². The Hall–Kier alpha value is -1.59. The van der Waals surface area contributed by atoms with Gasteiger partial charge >= 0.3 is 5.97 Å². The summed E-state index contributed by atoms with van der Waals surface area (Å²) in [7, 11) is -4.06. The third kappa shape index (κ3) is 3.72. The van der Waals surface area contributed by atoms with E-state index in [0.29, 0.717) is 11.3 Å². The smallest absolute Gasteiger partial charge is 0.321 e. The summed E-state index contributed by atoms with van der Waals surface area (Å²) in [5, 5.41) is 17.7. The maximum absolute atomic E-state index is 11.7. The lowest BCUT2D eigenvalue weighted by atomic mass is 10.4. The second-order valence-electron chi connectivity index (χ2n) is 3.24. The Balaban J connectivity index is 2.89. The molecule has 0 radical (unpaired) electrons. The summed E-state index contributed by atoms with van der Waals surface area (Å²) in [6.07, 6.45) is 0. The molecule has 100 valence electrons. The fraction of sp³-hybridized carbons (Fsp3) is 0.429. The van der Waals surface area contributed by atoms with Gasteiger partial charge in [0.2, 0.25) is 15.4 Å². The summed E-state index contributed by atoms with van der Waals surface area (Å²) >= 11 is 0.624. The SMILES string of the molecule is CC(=O)Nc1nnc(S(=O)(=O)N[C@H](C)C(=O)O)s1. The largest absolute Gasteiger partial charge is 0.480 e. The van der Waals surface area contributed by atoms with Gasteiger partial charge in [0.1, 0.15) is 6.04 Å². The van der Waals surface area contributed by atoms with Gasteiger partial charge in [-0.25, -0.2) is 8.42 Å². The second-order valence-corrected chi connectivity index (χ2v) is 6.10. The number of amides is 1. The van der Waals surface area contributed by atoms with Crippen LogP contribution < -0.4 is 10.0 Å². The summed E-state index contributed by atoms with van der Waals surface area (Å²) in [6.45, 7) is 2.41. The van der Waals surface area contributed by atoms with Crippen molar-refractivity contribution in [1.82, 2.24) is 14.9 Å².